The summed E-state index contributed by atoms with van der Waals surface area (Å²) in [6.07, 6.45) is -17.1. The van der Waals surface area contributed by atoms with Crippen LogP contribution in [-0.4, -0.2) is 191 Å². The van der Waals surface area contributed by atoms with E-state index in [4.69, 9.17) is 29.4 Å². The van der Waals surface area contributed by atoms with Gasteiger partial charge in [0, 0.05) is 28.9 Å². The Labute approximate surface area is 354 Å². The third kappa shape index (κ3) is 11.7. The molecular weight excluding hydrogens is 833 g/mol. The van der Waals surface area contributed by atoms with E-state index in [1.54, 1.807) is 6.20 Å². The van der Waals surface area contributed by atoms with Gasteiger partial charge in [0.1, 0.15) is 66.4 Å². The Morgan fingerprint density at radius 3 is 2.12 bits per heavy atom. The highest BCUT2D eigenvalue weighted by Crippen LogP contribution is 2.35. The van der Waals surface area contributed by atoms with Crippen LogP contribution in [0.5, 0.6) is 0 Å². The predicted molar refractivity (Wildman–Crippen MR) is 216 cm³/mol. The first-order valence-corrected chi connectivity index (χ1v) is 22.1. The molecule has 0 radical (unpaired) electrons. The molecule has 60 heavy (non-hydrogen) atoms. The van der Waals surface area contributed by atoms with Crippen LogP contribution < -0.4 is 16.4 Å². The Bertz CT molecular complexity index is 1730. The highest BCUT2D eigenvalue weighted by Gasteiger charge is 2.53. The fraction of sp³-hybridized carbons (Fsp3) is 0.711. The van der Waals surface area contributed by atoms with Crippen LogP contribution in [-0.2, 0) is 44.5 Å². The average Bonchev–Trinajstić information content (AvgIpc) is 3.62. The summed E-state index contributed by atoms with van der Waals surface area (Å²) in [5.41, 5.74) is 6.53. The number of nitrogens with two attached hydrogens (primary N) is 1. The Morgan fingerprint density at radius 1 is 0.800 bits per heavy atom. The zero-order valence-corrected chi connectivity index (χ0v) is 35.2. The number of carbonyl (C=O) groups is 3. The van der Waals surface area contributed by atoms with Crippen LogP contribution in [0.3, 0.4) is 0 Å². The van der Waals surface area contributed by atoms with Crippen molar-refractivity contribution in [3.63, 3.8) is 0 Å². The van der Waals surface area contributed by atoms with Crippen molar-refractivity contribution in [2.45, 2.75) is 149 Å². The minimum Gasteiger partial charge on any atom is -0.481 e. The number of aliphatic carboxylic acids is 1. The summed E-state index contributed by atoms with van der Waals surface area (Å²) in [6, 6.07) is 4.31. The number of nitrogens with one attached hydrogen (secondary N) is 3. The van der Waals surface area contributed by atoms with Gasteiger partial charge in [0.15, 0.2) is 12.6 Å². The van der Waals surface area contributed by atoms with Gasteiger partial charge in [-0.25, -0.2) is 0 Å². The minimum absolute atomic E-state index is 0.0559. The third-order valence-electron chi connectivity index (χ3n) is 10.9. The Balaban J connectivity index is 1.34. The summed E-state index contributed by atoms with van der Waals surface area (Å²) in [5.74, 6) is -2.15. The van der Waals surface area contributed by atoms with Gasteiger partial charge >= 0.3 is 5.97 Å². The number of para-hydroxylation sites is 1. The highest BCUT2D eigenvalue weighted by molar-refractivity contribution is 7.99. The van der Waals surface area contributed by atoms with E-state index >= 15 is 0 Å². The predicted octanol–water partition coefficient (Wildman–Crippen LogP) is -2.50. The number of aromatic nitrogens is 1. The lowest BCUT2D eigenvalue weighted by Crippen LogP contribution is -2.65. The van der Waals surface area contributed by atoms with E-state index in [0.29, 0.717) is 12.2 Å². The Hall–Kier alpha value is -2.65. The molecule has 4 heterocycles. The van der Waals surface area contributed by atoms with Gasteiger partial charge in [0.05, 0.1) is 30.8 Å². The summed E-state index contributed by atoms with van der Waals surface area (Å²) in [6.45, 7) is 4.41. The maximum absolute atomic E-state index is 13.8. The molecule has 3 aliphatic rings. The van der Waals surface area contributed by atoms with Crippen LogP contribution in [0.25, 0.3) is 10.9 Å². The number of amides is 2. The van der Waals surface area contributed by atoms with E-state index < -0.39 is 134 Å². The van der Waals surface area contributed by atoms with Gasteiger partial charge in [-0.2, -0.15) is 11.8 Å². The molecule has 3 saturated heterocycles. The van der Waals surface area contributed by atoms with E-state index in [9.17, 15) is 55.2 Å². The van der Waals surface area contributed by atoms with E-state index in [-0.39, 0.29) is 12.2 Å². The summed E-state index contributed by atoms with van der Waals surface area (Å²) in [5, 5.41) is 91.6. The monoisotopic (exact) mass is 890 g/mol. The lowest BCUT2D eigenvalue weighted by Gasteiger charge is -2.48. The van der Waals surface area contributed by atoms with Gasteiger partial charge < -0.3 is 85.9 Å². The van der Waals surface area contributed by atoms with E-state index in [0.717, 1.165) is 28.2 Å². The molecule has 3 aliphatic heterocycles. The zero-order chi connectivity index (χ0) is 44.0. The van der Waals surface area contributed by atoms with Gasteiger partial charge in [0.25, 0.3) is 0 Å². The lowest BCUT2D eigenvalue weighted by molar-refractivity contribution is -0.376. The molecule has 5 rings (SSSR count). The van der Waals surface area contributed by atoms with E-state index in [1.807, 2.05) is 30.5 Å². The number of hydrogen-bond donors (Lipinski definition) is 12. The molecule has 20 nitrogen and oxygen atoms in total. The number of carboxylic acids is 1. The molecule has 2 aromatic rings. The molecule has 338 valence electrons. The number of ether oxygens (including phenoxy) is 5. The maximum Gasteiger partial charge on any atom is 0.305 e. The van der Waals surface area contributed by atoms with Crippen LogP contribution in [0.2, 0.25) is 0 Å². The van der Waals surface area contributed by atoms with Crippen molar-refractivity contribution in [3.05, 3.63) is 36.0 Å². The van der Waals surface area contributed by atoms with Gasteiger partial charge in [-0.15, -0.1) is 11.8 Å². The molecule has 18 atom stereocenters. The maximum atomic E-state index is 13.8. The summed E-state index contributed by atoms with van der Waals surface area (Å²) in [4.78, 5) is 41.6. The van der Waals surface area contributed by atoms with Crippen LogP contribution in [0.4, 0.5) is 0 Å². The minimum atomic E-state index is -1.78. The number of thioether (sulfide) groups is 2. The second-order valence-corrected chi connectivity index (χ2v) is 17.5. The number of carboxylic acid groups (broad SMARTS) is 1. The first-order valence-electron chi connectivity index (χ1n) is 19.7. The summed E-state index contributed by atoms with van der Waals surface area (Å²) < 4.78 is 29.3. The number of aliphatic hydroxyl groups is 7. The zero-order valence-electron chi connectivity index (χ0n) is 33.6. The van der Waals surface area contributed by atoms with Crippen LogP contribution in [0.1, 0.15) is 39.2 Å². The second-order valence-electron chi connectivity index (χ2n) is 15.4. The van der Waals surface area contributed by atoms with Crippen LogP contribution in [0.15, 0.2) is 30.5 Å². The molecular formula is C38H58N4O16S2. The molecule has 0 bridgehead atoms. The number of fused-ring (bicyclic) bond motifs is 1. The average molecular weight is 891 g/mol. The normalized spacial score (nSPS) is 36.3. The fourth-order valence-corrected chi connectivity index (χ4v) is 8.98. The molecule has 1 aromatic heterocycles. The molecule has 1 aromatic carbocycles. The van der Waals surface area contributed by atoms with Crippen molar-refractivity contribution >= 4 is 52.2 Å². The molecule has 13 N–H and O–H groups in total. The summed E-state index contributed by atoms with van der Waals surface area (Å²) in [7, 11) is 0. The molecule has 0 saturated carbocycles. The Morgan fingerprint density at radius 2 is 1.43 bits per heavy atom. The van der Waals surface area contributed by atoms with E-state index in [2.05, 4.69) is 15.6 Å². The second kappa shape index (κ2) is 21.6. The highest BCUT2D eigenvalue weighted by atomic mass is 32.2. The molecule has 0 aliphatic carbocycles. The molecule has 22 heteroatoms. The quantitative estimate of drug-likeness (QED) is 0.0736. The van der Waals surface area contributed by atoms with Gasteiger partial charge in [0.2, 0.25) is 11.8 Å². The van der Waals surface area contributed by atoms with Crippen molar-refractivity contribution in [2.24, 2.45) is 5.73 Å². The molecule has 0 spiro atoms. The van der Waals surface area contributed by atoms with Crippen molar-refractivity contribution in [1.82, 2.24) is 15.6 Å². The van der Waals surface area contributed by atoms with Crippen molar-refractivity contribution in [3.8, 4) is 0 Å². The molecule has 2 amide bonds. The third-order valence-corrected chi connectivity index (χ3v) is 12.8. The number of rotatable bonds is 18. The fourth-order valence-electron chi connectivity index (χ4n) is 7.26. The smallest absolute Gasteiger partial charge is 0.305 e. The Kier molecular flexibility index (Phi) is 17.4. The van der Waals surface area contributed by atoms with E-state index in [1.165, 1.54) is 32.5 Å². The van der Waals surface area contributed by atoms with Crippen LogP contribution in [0, 0.1) is 0 Å². The summed E-state index contributed by atoms with van der Waals surface area (Å²) >= 11 is 2.54. The number of aliphatic hydroxyl groups excluding tert-OH is 7. The first-order chi connectivity index (χ1) is 28.4. The number of H-pyrrole nitrogens is 1. The van der Waals surface area contributed by atoms with Gasteiger partial charge in [-0.05, 0) is 57.3 Å². The standard InChI is InChI=1S/C38H58N4O16S2/c1-15-25(45)28(48)30(50)36(54-15)58-33-29(49)26(46)16(2)55-37(33)57-32-27(47)17(3)56-38(31(32)51)60-14-19(11-18-13-40-22-8-6-5-7-20(18)22)41-35(53)23(12-24(43)44)42-34(52)21(39)9-10-59-4/h5-8,13,15-17,19,21,23,25-33,36-38,40,45-51H,9-12,14,39H2,1-4H3,(H,41,53)(H,42,52)(H,43,44)/t15-,16-,17-,19-,21-,23-,25-,26-,27-,28+,29+,30+,31+,32+,33+,36-,37-,38-/m0/s1. The van der Waals surface area contributed by atoms with Gasteiger partial charge in [-0.1, -0.05) is 18.2 Å². The van der Waals surface area contributed by atoms with Gasteiger partial charge in [-0.3, -0.25) is 14.4 Å². The number of benzene rings is 1. The first kappa shape index (κ1) is 48.4. The van der Waals surface area contributed by atoms with Crippen molar-refractivity contribution < 1.29 is 78.9 Å². The molecule has 3 fully saturated rings. The SMILES string of the molecule is CSCC[C@H](N)C(=O)N[C@@H](CC(=O)O)C(=O)N[C@H](CS[C@@H]1O[C@@H](C)[C@H](O)[C@@H](O[C@@H]2O[C@@H](C)[C@H](O)[C@@H](O)[C@H]2O[C@@H]2O[C@@H](C)[C@H](O)[C@@H](O)[C@H]2O)[C@H]1O)Cc1c[nH]c2ccccc12. The van der Waals surface area contributed by atoms with Crippen molar-refractivity contribution in [1.29, 1.82) is 0 Å². The van der Waals surface area contributed by atoms with Crippen molar-refractivity contribution in [2.75, 3.05) is 17.8 Å². The number of aromatic amines is 1. The lowest BCUT2D eigenvalue weighted by atomic mass is 9.97. The number of carbonyl (C=O) groups excluding carboxylic acids is 2. The topological polar surface area (TPSA) is 325 Å². The molecule has 0 unspecified atom stereocenters. The largest absolute Gasteiger partial charge is 0.481 e. The number of hydrogen-bond acceptors (Lipinski definition) is 18. The van der Waals surface area contributed by atoms with Crippen LogP contribution >= 0.6 is 23.5 Å².